The van der Waals surface area contributed by atoms with E-state index in [4.69, 9.17) is 5.73 Å². The maximum Gasteiger partial charge on any atom is 0.134 e. The first-order valence-electron chi connectivity index (χ1n) is 10.4. The van der Waals surface area contributed by atoms with Crippen LogP contribution in [-0.2, 0) is 0 Å². The lowest BCUT2D eigenvalue weighted by atomic mass is 9.96. The first-order chi connectivity index (χ1) is 14.5. The lowest BCUT2D eigenvalue weighted by Crippen LogP contribution is -2.40. The standard InChI is InChI=1S/C25H28N4O/c1-17-9-18(2)11-21(10-17)24-16-28-14-20(4-3-19-12-23(30)15-27-13-19)25(24)29-7-5-22(26)6-8-29/h3-4,9-16,22,30H,5-8,26H2,1-2H3. The minimum atomic E-state index is 0.157. The van der Waals surface area contributed by atoms with Gasteiger partial charge in [-0.2, -0.15) is 0 Å². The monoisotopic (exact) mass is 400 g/mol. The van der Waals surface area contributed by atoms with Crippen molar-refractivity contribution in [2.75, 3.05) is 18.0 Å². The van der Waals surface area contributed by atoms with Gasteiger partial charge in [0.05, 0.1) is 11.9 Å². The van der Waals surface area contributed by atoms with Gasteiger partial charge in [-0.1, -0.05) is 41.5 Å². The molecular formula is C25H28N4O. The number of aryl methyl sites for hydroxylation is 2. The fourth-order valence-corrected chi connectivity index (χ4v) is 4.13. The molecule has 1 fully saturated rings. The van der Waals surface area contributed by atoms with Gasteiger partial charge in [0.2, 0.25) is 0 Å². The molecule has 154 valence electrons. The molecular weight excluding hydrogens is 372 g/mol. The molecule has 1 aliphatic heterocycles. The zero-order chi connectivity index (χ0) is 21.1. The summed E-state index contributed by atoms with van der Waals surface area (Å²) in [6, 6.07) is 8.59. The maximum absolute atomic E-state index is 9.71. The van der Waals surface area contributed by atoms with Crippen molar-refractivity contribution in [2.24, 2.45) is 5.73 Å². The number of aromatic hydroxyl groups is 1. The van der Waals surface area contributed by atoms with E-state index in [1.165, 1.54) is 28.6 Å². The molecule has 5 nitrogen and oxygen atoms in total. The van der Waals surface area contributed by atoms with Crippen molar-refractivity contribution in [1.82, 2.24) is 9.97 Å². The zero-order valence-electron chi connectivity index (χ0n) is 17.5. The molecule has 4 rings (SSSR count). The van der Waals surface area contributed by atoms with Crippen LogP contribution < -0.4 is 10.6 Å². The number of aromatic nitrogens is 2. The minimum absolute atomic E-state index is 0.157. The molecule has 0 radical (unpaired) electrons. The highest BCUT2D eigenvalue weighted by Crippen LogP contribution is 2.36. The van der Waals surface area contributed by atoms with E-state index in [1.54, 1.807) is 12.3 Å². The molecule has 3 N–H and O–H groups in total. The number of hydrogen-bond donors (Lipinski definition) is 2. The van der Waals surface area contributed by atoms with Gasteiger partial charge in [-0.25, -0.2) is 0 Å². The number of nitrogens with two attached hydrogens (primary N) is 1. The predicted octanol–water partition coefficient (Wildman–Crippen LogP) is 4.56. The average Bonchev–Trinajstić information content (AvgIpc) is 2.72. The summed E-state index contributed by atoms with van der Waals surface area (Å²) in [6.07, 6.45) is 13.0. The third-order valence-electron chi connectivity index (χ3n) is 5.53. The SMILES string of the molecule is Cc1cc(C)cc(-c2cncc(C=Cc3cncc(O)c3)c2N2CCC(N)CC2)c1. The summed E-state index contributed by atoms with van der Waals surface area (Å²) >= 11 is 0. The van der Waals surface area contributed by atoms with E-state index in [0.29, 0.717) is 0 Å². The van der Waals surface area contributed by atoms with Gasteiger partial charge in [-0.05, 0) is 43.9 Å². The Hall–Kier alpha value is -3.18. The summed E-state index contributed by atoms with van der Waals surface area (Å²) in [6.45, 7) is 6.11. The fourth-order valence-electron chi connectivity index (χ4n) is 4.13. The van der Waals surface area contributed by atoms with Gasteiger partial charge in [0, 0.05) is 48.8 Å². The zero-order valence-corrected chi connectivity index (χ0v) is 17.5. The molecule has 30 heavy (non-hydrogen) atoms. The Morgan fingerprint density at radius 1 is 0.933 bits per heavy atom. The van der Waals surface area contributed by atoms with E-state index in [9.17, 15) is 5.11 Å². The van der Waals surface area contributed by atoms with Crippen LogP contribution in [0.25, 0.3) is 23.3 Å². The second-order valence-corrected chi connectivity index (χ2v) is 8.14. The Morgan fingerprint density at radius 3 is 2.33 bits per heavy atom. The highest BCUT2D eigenvalue weighted by atomic mass is 16.3. The van der Waals surface area contributed by atoms with Crippen LogP contribution in [-0.4, -0.2) is 34.2 Å². The molecule has 5 heteroatoms. The Bertz CT molecular complexity index is 1050. The number of pyridine rings is 2. The Kier molecular flexibility index (Phi) is 5.81. The first kappa shape index (κ1) is 20.1. The normalized spacial score (nSPS) is 15.1. The summed E-state index contributed by atoms with van der Waals surface area (Å²) in [4.78, 5) is 11.0. The molecule has 1 saturated heterocycles. The van der Waals surface area contributed by atoms with Crippen LogP contribution >= 0.6 is 0 Å². The number of hydrogen-bond acceptors (Lipinski definition) is 5. The van der Waals surface area contributed by atoms with Crippen LogP contribution in [0.3, 0.4) is 0 Å². The Morgan fingerprint density at radius 2 is 1.63 bits per heavy atom. The highest BCUT2D eigenvalue weighted by molar-refractivity contribution is 5.87. The van der Waals surface area contributed by atoms with Crippen LogP contribution in [0.2, 0.25) is 0 Å². The van der Waals surface area contributed by atoms with E-state index >= 15 is 0 Å². The van der Waals surface area contributed by atoms with Gasteiger partial charge in [-0.15, -0.1) is 0 Å². The number of piperidine rings is 1. The fraction of sp³-hybridized carbons (Fsp3) is 0.280. The first-order valence-corrected chi connectivity index (χ1v) is 10.4. The lowest BCUT2D eigenvalue weighted by Gasteiger charge is -2.34. The summed E-state index contributed by atoms with van der Waals surface area (Å²) in [5.74, 6) is 0.157. The number of nitrogens with zero attached hydrogens (tertiary/aromatic N) is 3. The molecule has 1 aliphatic rings. The second-order valence-electron chi connectivity index (χ2n) is 8.14. The number of anilines is 1. The topological polar surface area (TPSA) is 75.3 Å². The van der Waals surface area contributed by atoms with Gasteiger partial charge in [0.15, 0.2) is 0 Å². The molecule has 0 amide bonds. The quantitative estimate of drug-likeness (QED) is 0.671. The van der Waals surface area contributed by atoms with Crippen LogP contribution in [0.4, 0.5) is 5.69 Å². The summed E-state index contributed by atoms with van der Waals surface area (Å²) < 4.78 is 0. The molecule has 3 heterocycles. The van der Waals surface area contributed by atoms with Crippen molar-refractivity contribution in [3.8, 4) is 16.9 Å². The van der Waals surface area contributed by atoms with Crippen molar-refractivity contribution in [3.05, 3.63) is 71.3 Å². The highest BCUT2D eigenvalue weighted by Gasteiger charge is 2.22. The molecule has 0 saturated carbocycles. The van der Waals surface area contributed by atoms with Gasteiger partial charge in [0.1, 0.15) is 5.75 Å². The van der Waals surface area contributed by atoms with Crippen LogP contribution in [0.15, 0.2) is 49.1 Å². The van der Waals surface area contributed by atoms with Crippen molar-refractivity contribution >= 4 is 17.8 Å². The van der Waals surface area contributed by atoms with Crippen molar-refractivity contribution in [2.45, 2.75) is 32.7 Å². The second kappa shape index (κ2) is 8.67. The summed E-state index contributed by atoms with van der Waals surface area (Å²) in [5, 5.41) is 9.71. The van der Waals surface area contributed by atoms with Crippen LogP contribution in [0, 0.1) is 13.8 Å². The Balaban J connectivity index is 1.81. The van der Waals surface area contributed by atoms with Crippen LogP contribution in [0.1, 0.15) is 35.1 Å². The predicted molar refractivity (Wildman–Crippen MR) is 123 cm³/mol. The summed E-state index contributed by atoms with van der Waals surface area (Å²) in [7, 11) is 0. The Labute approximate surface area is 177 Å². The van der Waals surface area contributed by atoms with E-state index in [0.717, 1.165) is 42.6 Å². The van der Waals surface area contributed by atoms with E-state index in [1.807, 2.05) is 18.5 Å². The van der Waals surface area contributed by atoms with E-state index < -0.39 is 0 Å². The molecule has 0 aliphatic carbocycles. The van der Waals surface area contributed by atoms with Crippen LogP contribution in [0.5, 0.6) is 5.75 Å². The molecule has 2 aromatic heterocycles. The summed E-state index contributed by atoms with van der Waals surface area (Å²) in [5.41, 5.74) is 14.0. The largest absolute Gasteiger partial charge is 0.506 e. The molecule has 0 atom stereocenters. The van der Waals surface area contributed by atoms with Crippen molar-refractivity contribution in [1.29, 1.82) is 0 Å². The molecule has 0 bridgehead atoms. The van der Waals surface area contributed by atoms with Crippen molar-refractivity contribution in [3.63, 3.8) is 0 Å². The third kappa shape index (κ3) is 4.52. The number of benzene rings is 1. The van der Waals surface area contributed by atoms with Crippen molar-refractivity contribution < 1.29 is 5.11 Å². The van der Waals surface area contributed by atoms with E-state index in [-0.39, 0.29) is 11.8 Å². The minimum Gasteiger partial charge on any atom is -0.506 e. The van der Waals surface area contributed by atoms with E-state index in [2.05, 4.69) is 53.0 Å². The number of rotatable bonds is 4. The molecule has 0 spiro atoms. The van der Waals surface area contributed by atoms with Gasteiger partial charge < -0.3 is 15.7 Å². The average molecular weight is 401 g/mol. The molecule has 0 unspecified atom stereocenters. The van der Waals surface area contributed by atoms with Gasteiger partial charge in [0.25, 0.3) is 0 Å². The molecule has 3 aromatic rings. The molecule has 1 aromatic carbocycles. The lowest BCUT2D eigenvalue weighted by molar-refractivity contribution is 0.472. The van der Waals surface area contributed by atoms with Gasteiger partial charge >= 0.3 is 0 Å². The maximum atomic E-state index is 9.71. The third-order valence-corrected chi connectivity index (χ3v) is 5.53. The van der Waals surface area contributed by atoms with Gasteiger partial charge in [-0.3, -0.25) is 9.97 Å². The smallest absolute Gasteiger partial charge is 0.134 e.